The zero-order valence-electron chi connectivity index (χ0n) is 13.8. The zero-order chi connectivity index (χ0) is 19.1. The second-order valence-corrected chi connectivity index (χ2v) is 6.43. The SMILES string of the molecule is O=C(O)CCc1oc2cc(O)c(Cl)cc2c(=O)c1-c1nc2ccccc2[nH]1. The summed E-state index contributed by atoms with van der Waals surface area (Å²) < 4.78 is 5.77. The summed E-state index contributed by atoms with van der Waals surface area (Å²) in [6.07, 6.45) is -0.225. The maximum atomic E-state index is 13.1. The van der Waals surface area contributed by atoms with Crippen LogP contribution in [-0.4, -0.2) is 26.2 Å². The Bertz CT molecular complexity index is 1230. The molecule has 27 heavy (non-hydrogen) atoms. The van der Waals surface area contributed by atoms with E-state index in [1.807, 2.05) is 18.2 Å². The van der Waals surface area contributed by atoms with Gasteiger partial charge in [-0.2, -0.15) is 0 Å². The Morgan fingerprint density at radius 3 is 2.78 bits per heavy atom. The summed E-state index contributed by atoms with van der Waals surface area (Å²) in [7, 11) is 0. The van der Waals surface area contributed by atoms with Crippen molar-refractivity contribution in [2.75, 3.05) is 0 Å². The first-order valence-electron chi connectivity index (χ1n) is 8.09. The minimum Gasteiger partial charge on any atom is -0.506 e. The molecule has 2 heterocycles. The van der Waals surface area contributed by atoms with E-state index >= 15 is 0 Å². The Morgan fingerprint density at radius 2 is 2.04 bits per heavy atom. The number of aryl methyl sites for hydroxylation is 1. The summed E-state index contributed by atoms with van der Waals surface area (Å²) >= 11 is 5.93. The fourth-order valence-corrected chi connectivity index (χ4v) is 3.12. The molecule has 0 saturated heterocycles. The third-order valence-corrected chi connectivity index (χ3v) is 4.53. The number of phenolic OH excluding ortho intramolecular Hbond substituents is 1. The second kappa shape index (κ2) is 6.44. The van der Waals surface area contributed by atoms with Crippen molar-refractivity contribution in [3.63, 3.8) is 0 Å². The molecular weight excluding hydrogens is 372 g/mol. The molecule has 0 aliphatic rings. The number of benzene rings is 2. The largest absolute Gasteiger partial charge is 0.506 e. The number of carbonyl (C=O) groups is 1. The summed E-state index contributed by atoms with van der Waals surface area (Å²) in [4.78, 5) is 31.6. The lowest BCUT2D eigenvalue weighted by Gasteiger charge is -2.08. The van der Waals surface area contributed by atoms with E-state index in [4.69, 9.17) is 21.1 Å². The van der Waals surface area contributed by atoms with E-state index in [0.29, 0.717) is 5.52 Å². The van der Waals surface area contributed by atoms with Gasteiger partial charge in [-0.05, 0) is 18.2 Å². The number of hydrogen-bond acceptors (Lipinski definition) is 5. The molecule has 2 aromatic heterocycles. The first kappa shape index (κ1) is 17.1. The molecule has 0 spiro atoms. The molecule has 8 heteroatoms. The van der Waals surface area contributed by atoms with Gasteiger partial charge < -0.3 is 19.6 Å². The number of aliphatic carboxylic acids is 1. The van der Waals surface area contributed by atoms with E-state index in [0.717, 1.165) is 5.52 Å². The van der Waals surface area contributed by atoms with Gasteiger partial charge in [0.1, 0.15) is 28.5 Å². The number of aromatic hydroxyl groups is 1. The molecule has 0 bridgehead atoms. The Morgan fingerprint density at radius 1 is 1.26 bits per heavy atom. The van der Waals surface area contributed by atoms with Gasteiger partial charge in [0.2, 0.25) is 5.43 Å². The topological polar surface area (TPSA) is 116 Å². The summed E-state index contributed by atoms with van der Waals surface area (Å²) in [5.41, 5.74) is 1.28. The predicted molar refractivity (Wildman–Crippen MR) is 100 cm³/mol. The zero-order valence-corrected chi connectivity index (χ0v) is 14.6. The fraction of sp³-hybridized carbons (Fsp3) is 0.105. The third-order valence-electron chi connectivity index (χ3n) is 4.22. The maximum Gasteiger partial charge on any atom is 0.303 e. The van der Waals surface area contributed by atoms with Gasteiger partial charge in [0.15, 0.2) is 0 Å². The highest BCUT2D eigenvalue weighted by Gasteiger charge is 2.21. The average Bonchev–Trinajstić information content (AvgIpc) is 3.05. The Kier molecular flexibility index (Phi) is 4.08. The number of carboxylic acid groups (broad SMARTS) is 1. The van der Waals surface area contributed by atoms with Gasteiger partial charge in [-0.1, -0.05) is 23.7 Å². The lowest BCUT2D eigenvalue weighted by Crippen LogP contribution is -2.11. The number of imidazole rings is 1. The number of rotatable bonds is 4. The van der Waals surface area contributed by atoms with Gasteiger partial charge in [0.05, 0.1) is 27.9 Å². The molecule has 0 unspecified atom stereocenters. The molecular formula is C19H13ClN2O5. The molecule has 0 saturated carbocycles. The fourth-order valence-electron chi connectivity index (χ4n) is 2.96. The van der Waals surface area contributed by atoms with Crippen LogP contribution in [0, 0.1) is 0 Å². The summed E-state index contributed by atoms with van der Waals surface area (Å²) in [5.74, 6) is -0.785. The maximum absolute atomic E-state index is 13.1. The van der Waals surface area contributed by atoms with Gasteiger partial charge in [0, 0.05) is 12.5 Å². The number of halogens is 1. The number of fused-ring (bicyclic) bond motifs is 2. The van der Waals surface area contributed by atoms with Crippen LogP contribution in [0.25, 0.3) is 33.4 Å². The van der Waals surface area contributed by atoms with Crippen LogP contribution in [0.15, 0.2) is 45.6 Å². The van der Waals surface area contributed by atoms with E-state index in [-0.39, 0.29) is 51.7 Å². The van der Waals surface area contributed by atoms with E-state index in [2.05, 4.69) is 9.97 Å². The number of para-hydroxylation sites is 2. The summed E-state index contributed by atoms with van der Waals surface area (Å²) in [6.45, 7) is 0. The predicted octanol–water partition coefficient (Wildman–Crippen LogP) is 3.71. The molecule has 3 N–H and O–H groups in total. The van der Waals surface area contributed by atoms with Crippen molar-refractivity contribution >= 4 is 39.6 Å². The molecule has 0 atom stereocenters. The number of hydrogen-bond donors (Lipinski definition) is 3. The molecule has 0 aliphatic heterocycles. The molecule has 7 nitrogen and oxygen atoms in total. The van der Waals surface area contributed by atoms with Crippen LogP contribution in [0.3, 0.4) is 0 Å². The molecule has 4 aromatic rings. The van der Waals surface area contributed by atoms with Gasteiger partial charge in [-0.15, -0.1) is 0 Å². The Balaban J connectivity index is 2.01. The van der Waals surface area contributed by atoms with Crippen molar-refractivity contribution in [1.29, 1.82) is 0 Å². The number of aromatic amines is 1. The van der Waals surface area contributed by atoms with Crippen molar-refractivity contribution in [2.45, 2.75) is 12.8 Å². The van der Waals surface area contributed by atoms with Crippen molar-refractivity contribution in [3.05, 3.63) is 57.4 Å². The number of nitrogens with zero attached hydrogens (tertiary/aromatic N) is 1. The highest BCUT2D eigenvalue weighted by Crippen LogP contribution is 2.31. The lowest BCUT2D eigenvalue weighted by molar-refractivity contribution is -0.137. The van der Waals surface area contributed by atoms with Crippen molar-refractivity contribution < 1.29 is 19.4 Å². The Hall–Kier alpha value is -3.32. The first-order valence-corrected chi connectivity index (χ1v) is 8.47. The van der Waals surface area contributed by atoms with Gasteiger partial charge in [-0.25, -0.2) is 4.98 Å². The summed E-state index contributed by atoms with van der Waals surface area (Å²) in [5, 5.41) is 19.0. The first-order chi connectivity index (χ1) is 12.9. The van der Waals surface area contributed by atoms with Gasteiger partial charge >= 0.3 is 5.97 Å². The summed E-state index contributed by atoms with van der Waals surface area (Å²) in [6, 6.07) is 9.84. The molecule has 136 valence electrons. The monoisotopic (exact) mass is 384 g/mol. The second-order valence-electron chi connectivity index (χ2n) is 6.03. The number of nitrogens with one attached hydrogen (secondary N) is 1. The minimum absolute atomic E-state index is 0.00369. The van der Waals surface area contributed by atoms with Crippen LogP contribution in [0.5, 0.6) is 5.75 Å². The van der Waals surface area contributed by atoms with E-state index < -0.39 is 11.4 Å². The standard InChI is InChI=1S/C19H13ClN2O5/c20-10-7-9-15(8-13(10)23)27-14(5-6-16(24)25)17(18(9)26)19-21-11-3-1-2-4-12(11)22-19/h1-4,7-8,23H,5-6H2,(H,21,22)(H,24,25). The molecule has 2 aromatic carbocycles. The van der Waals surface area contributed by atoms with E-state index in [1.165, 1.54) is 12.1 Å². The molecule has 0 aliphatic carbocycles. The van der Waals surface area contributed by atoms with Crippen molar-refractivity contribution in [3.8, 4) is 17.1 Å². The number of H-pyrrole nitrogens is 1. The van der Waals surface area contributed by atoms with E-state index in [1.54, 1.807) is 6.07 Å². The third kappa shape index (κ3) is 3.02. The minimum atomic E-state index is -1.02. The molecule has 0 fully saturated rings. The quantitative estimate of drug-likeness (QED) is 0.493. The molecule has 4 rings (SSSR count). The van der Waals surface area contributed by atoms with Crippen LogP contribution in [0.4, 0.5) is 0 Å². The smallest absolute Gasteiger partial charge is 0.303 e. The van der Waals surface area contributed by atoms with Crippen LogP contribution in [0.1, 0.15) is 12.2 Å². The molecule has 0 radical (unpaired) electrons. The van der Waals surface area contributed by atoms with Crippen LogP contribution in [0.2, 0.25) is 5.02 Å². The Labute approximate surface area is 156 Å². The lowest BCUT2D eigenvalue weighted by atomic mass is 10.1. The number of phenols is 1. The highest BCUT2D eigenvalue weighted by atomic mass is 35.5. The van der Waals surface area contributed by atoms with Gasteiger partial charge in [0.25, 0.3) is 0 Å². The number of carboxylic acids is 1. The highest BCUT2D eigenvalue weighted by molar-refractivity contribution is 6.32. The van der Waals surface area contributed by atoms with Crippen molar-refractivity contribution in [2.24, 2.45) is 0 Å². The number of aromatic nitrogens is 2. The molecule has 0 amide bonds. The van der Waals surface area contributed by atoms with Crippen LogP contribution < -0.4 is 5.43 Å². The van der Waals surface area contributed by atoms with Gasteiger partial charge in [-0.3, -0.25) is 9.59 Å². The van der Waals surface area contributed by atoms with Crippen LogP contribution >= 0.6 is 11.6 Å². The average molecular weight is 385 g/mol. The van der Waals surface area contributed by atoms with Crippen LogP contribution in [-0.2, 0) is 11.2 Å². The van der Waals surface area contributed by atoms with E-state index in [9.17, 15) is 14.7 Å². The normalized spacial score (nSPS) is 11.3. The van der Waals surface area contributed by atoms with Crippen molar-refractivity contribution in [1.82, 2.24) is 9.97 Å².